The molecule has 1 aromatic heterocycles. The number of amides is 1. The highest BCUT2D eigenvalue weighted by atomic mass is 16.6. The van der Waals surface area contributed by atoms with E-state index in [9.17, 15) is 4.79 Å². The van der Waals surface area contributed by atoms with E-state index in [4.69, 9.17) is 4.74 Å². The third kappa shape index (κ3) is 3.38. The molecule has 1 unspecified atom stereocenters. The second kappa shape index (κ2) is 7.01. The topological polar surface area (TPSA) is 34.5 Å². The summed E-state index contributed by atoms with van der Waals surface area (Å²) in [6.07, 6.45) is 3.95. The summed E-state index contributed by atoms with van der Waals surface area (Å²) in [4.78, 5) is 14.4. The van der Waals surface area contributed by atoms with Gasteiger partial charge in [0, 0.05) is 24.8 Å². The lowest BCUT2D eigenvalue weighted by Crippen LogP contribution is -2.38. The van der Waals surface area contributed by atoms with Crippen LogP contribution in [0, 0.1) is 0 Å². The number of benzene rings is 2. The molecule has 0 N–H and O–H groups in total. The summed E-state index contributed by atoms with van der Waals surface area (Å²) >= 11 is 0. The Bertz CT molecular complexity index is 856. The van der Waals surface area contributed by atoms with Crippen LogP contribution in [-0.4, -0.2) is 28.1 Å². The van der Waals surface area contributed by atoms with Gasteiger partial charge in [0.15, 0.2) is 0 Å². The quantitative estimate of drug-likeness (QED) is 0.707. The molecular weight excluding hydrogens is 312 g/mol. The van der Waals surface area contributed by atoms with Gasteiger partial charge in [0.1, 0.15) is 6.61 Å². The van der Waals surface area contributed by atoms with Gasteiger partial charge in [-0.15, -0.1) is 0 Å². The molecule has 1 fully saturated rings. The average molecular weight is 334 g/mol. The number of rotatable bonds is 4. The molecule has 1 aliphatic heterocycles. The van der Waals surface area contributed by atoms with Gasteiger partial charge in [-0.2, -0.15) is 0 Å². The number of likely N-dealkylation sites (tertiary alicyclic amines) is 1. The predicted molar refractivity (Wildman–Crippen MR) is 98.3 cm³/mol. The number of para-hydroxylation sites is 1. The third-order valence-electron chi connectivity index (χ3n) is 4.90. The lowest BCUT2D eigenvalue weighted by atomic mass is 10.2. The summed E-state index contributed by atoms with van der Waals surface area (Å²) in [7, 11) is 0. The van der Waals surface area contributed by atoms with Gasteiger partial charge in [-0.1, -0.05) is 48.5 Å². The zero-order valence-corrected chi connectivity index (χ0v) is 14.2. The molecule has 2 heterocycles. The molecule has 4 rings (SSSR count). The van der Waals surface area contributed by atoms with Crippen LogP contribution in [0.2, 0.25) is 0 Å². The normalized spacial score (nSPS) is 17.1. The maximum absolute atomic E-state index is 12.5. The largest absolute Gasteiger partial charge is 0.445 e. The van der Waals surface area contributed by atoms with Crippen molar-refractivity contribution in [2.45, 2.75) is 32.0 Å². The van der Waals surface area contributed by atoms with Crippen molar-refractivity contribution in [1.29, 1.82) is 0 Å². The smallest absolute Gasteiger partial charge is 0.410 e. The molecule has 0 bridgehead atoms. The Morgan fingerprint density at radius 2 is 1.84 bits per heavy atom. The molecular formula is C21H22N2O2. The van der Waals surface area contributed by atoms with E-state index in [0.717, 1.165) is 31.5 Å². The molecule has 0 aliphatic carbocycles. The fourth-order valence-electron chi connectivity index (χ4n) is 3.59. The monoisotopic (exact) mass is 334 g/mol. The lowest BCUT2D eigenvalue weighted by molar-refractivity contribution is 0.0897. The molecule has 1 atom stereocenters. The number of ether oxygens (including phenoxy) is 1. The van der Waals surface area contributed by atoms with Crippen molar-refractivity contribution in [2.75, 3.05) is 6.54 Å². The van der Waals surface area contributed by atoms with Gasteiger partial charge in [-0.3, -0.25) is 0 Å². The zero-order valence-electron chi connectivity index (χ0n) is 14.2. The first kappa shape index (κ1) is 15.8. The van der Waals surface area contributed by atoms with Crippen LogP contribution in [0.3, 0.4) is 0 Å². The van der Waals surface area contributed by atoms with E-state index in [0.29, 0.717) is 6.61 Å². The predicted octanol–water partition coefficient (Wildman–Crippen LogP) is 4.44. The van der Waals surface area contributed by atoms with Gasteiger partial charge in [0.25, 0.3) is 0 Å². The summed E-state index contributed by atoms with van der Waals surface area (Å²) in [6.45, 7) is 1.92. The van der Waals surface area contributed by atoms with Gasteiger partial charge in [-0.25, -0.2) is 4.79 Å². The molecule has 1 amide bonds. The molecule has 2 aromatic carbocycles. The molecule has 1 aliphatic rings. The molecule has 1 saturated heterocycles. The van der Waals surface area contributed by atoms with E-state index in [2.05, 4.69) is 41.1 Å². The maximum Gasteiger partial charge on any atom is 0.410 e. The van der Waals surface area contributed by atoms with Crippen molar-refractivity contribution in [3.8, 4) is 0 Å². The minimum atomic E-state index is -0.206. The Balaban J connectivity index is 1.42. The van der Waals surface area contributed by atoms with E-state index in [1.807, 2.05) is 35.2 Å². The van der Waals surface area contributed by atoms with E-state index in [-0.39, 0.29) is 12.1 Å². The average Bonchev–Trinajstić information content (AvgIpc) is 3.28. The Morgan fingerprint density at radius 3 is 2.72 bits per heavy atom. The van der Waals surface area contributed by atoms with E-state index in [1.165, 1.54) is 10.9 Å². The Morgan fingerprint density at radius 1 is 1.04 bits per heavy atom. The highest BCUT2D eigenvalue weighted by Crippen LogP contribution is 2.23. The molecule has 0 radical (unpaired) electrons. The Hall–Kier alpha value is -2.75. The molecule has 4 nitrogen and oxygen atoms in total. The summed E-state index contributed by atoms with van der Waals surface area (Å²) in [5, 5.41) is 1.23. The fraction of sp³-hybridized carbons (Fsp3) is 0.286. The second-order valence-corrected chi connectivity index (χ2v) is 6.56. The number of aromatic nitrogens is 1. The number of hydrogen-bond donors (Lipinski definition) is 0. The SMILES string of the molecule is O=C(OCc1ccccc1)N1CCCC1Cn1ccc2ccccc21. The number of hydrogen-bond acceptors (Lipinski definition) is 2. The van der Waals surface area contributed by atoms with E-state index < -0.39 is 0 Å². The van der Waals surface area contributed by atoms with Crippen molar-refractivity contribution >= 4 is 17.0 Å². The van der Waals surface area contributed by atoms with Gasteiger partial charge in [0.05, 0.1) is 6.04 Å². The molecule has 0 saturated carbocycles. The number of carbonyl (C=O) groups excluding carboxylic acids is 1. The van der Waals surface area contributed by atoms with Crippen LogP contribution in [0.1, 0.15) is 18.4 Å². The Kier molecular flexibility index (Phi) is 4.42. The zero-order chi connectivity index (χ0) is 17.1. The molecule has 128 valence electrons. The van der Waals surface area contributed by atoms with E-state index >= 15 is 0 Å². The minimum Gasteiger partial charge on any atom is -0.445 e. The standard InChI is InChI=1S/C21H22N2O2/c24-21(25-16-17-7-2-1-3-8-17)23-13-6-10-19(23)15-22-14-12-18-9-4-5-11-20(18)22/h1-5,7-9,11-12,14,19H,6,10,13,15-16H2. The molecule has 3 aromatic rings. The first-order chi connectivity index (χ1) is 12.3. The van der Waals surface area contributed by atoms with Crippen LogP contribution in [0.5, 0.6) is 0 Å². The summed E-state index contributed by atoms with van der Waals surface area (Å²) in [5.41, 5.74) is 2.23. The fourth-order valence-corrected chi connectivity index (χ4v) is 3.59. The summed E-state index contributed by atoms with van der Waals surface area (Å²) in [5.74, 6) is 0. The number of carbonyl (C=O) groups is 1. The maximum atomic E-state index is 12.5. The van der Waals surface area contributed by atoms with Gasteiger partial charge in [-0.05, 0) is 35.9 Å². The van der Waals surface area contributed by atoms with Crippen LogP contribution in [0.4, 0.5) is 4.79 Å². The first-order valence-electron chi connectivity index (χ1n) is 8.82. The molecule has 4 heteroatoms. The highest BCUT2D eigenvalue weighted by Gasteiger charge is 2.30. The van der Waals surface area contributed by atoms with Crippen molar-refractivity contribution in [3.05, 3.63) is 72.4 Å². The minimum absolute atomic E-state index is 0.194. The second-order valence-electron chi connectivity index (χ2n) is 6.56. The molecule has 0 spiro atoms. The Labute approximate surface area is 147 Å². The lowest BCUT2D eigenvalue weighted by Gasteiger charge is -2.25. The van der Waals surface area contributed by atoms with Gasteiger partial charge >= 0.3 is 6.09 Å². The van der Waals surface area contributed by atoms with Gasteiger partial charge in [0.2, 0.25) is 0 Å². The van der Waals surface area contributed by atoms with Crippen LogP contribution in [0.15, 0.2) is 66.9 Å². The van der Waals surface area contributed by atoms with Crippen LogP contribution >= 0.6 is 0 Å². The van der Waals surface area contributed by atoms with Crippen molar-refractivity contribution in [1.82, 2.24) is 9.47 Å². The van der Waals surface area contributed by atoms with Gasteiger partial charge < -0.3 is 14.2 Å². The summed E-state index contributed by atoms with van der Waals surface area (Å²) in [6, 6.07) is 20.5. The van der Waals surface area contributed by atoms with Crippen LogP contribution < -0.4 is 0 Å². The summed E-state index contributed by atoms with van der Waals surface area (Å²) < 4.78 is 7.77. The highest BCUT2D eigenvalue weighted by molar-refractivity contribution is 5.80. The third-order valence-corrected chi connectivity index (χ3v) is 4.90. The number of fused-ring (bicyclic) bond motifs is 1. The van der Waals surface area contributed by atoms with Crippen molar-refractivity contribution in [2.24, 2.45) is 0 Å². The number of nitrogens with zero attached hydrogens (tertiary/aromatic N) is 2. The van der Waals surface area contributed by atoms with Crippen molar-refractivity contribution in [3.63, 3.8) is 0 Å². The van der Waals surface area contributed by atoms with Crippen molar-refractivity contribution < 1.29 is 9.53 Å². The van der Waals surface area contributed by atoms with Crippen LogP contribution in [0.25, 0.3) is 10.9 Å². The van der Waals surface area contributed by atoms with E-state index in [1.54, 1.807) is 0 Å². The van der Waals surface area contributed by atoms with Crippen LogP contribution in [-0.2, 0) is 17.9 Å². The first-order valence-corrected chi connectivity index (χ1v) is 8.82. The molecule has 25 heavy (non-hydrogen) atoms.